The number of aliphatic hydroxyl groups is 2. The number of esters is 4. The van der Waals surface area contributed by atoms with E-state index in [1.807, 2.05) is 6.92 Å². The number of hydrogen-bond donors (Lipinski definition) is 2. The van der Waals surface area contributed by atoms with Gasteiger partial charge in [0.1, 0.15) is 30.2 Å². The van der Waals surface area contributed by atoms with E-state index in [1.165, 1.54) is 27.7 Å². The highest BCUT2D eigenvalue weighted by atomic mass is 16.6. The van der Waals surface area contributed by atoms with Crippen molar-refractivity contribution in [3.8, 4) is 0 Å². The van der Waals surface area contributed by atoms with Crippen LogP contribution < -0.4 is 0 Å². The maximum atomic E-state index is 14.6. The maximum Gasteiger partial charge on any atom is 0.343 e. The smallest absolute Gasteiger partial charge is 0.343 e. The van der Waals surface area contributed by atoms with Crippen molar-refractivity contribution in [2.24, 2.45) is 57.7 Å². The van der Waals surface area contributed by atoms with Gasteiger partial charge >= 0.3 is 23.9 Å². The SMILES string of the molecule is CC(=O)O[C@@H]1[C@H]2[C@@H]3C(=O)C(=O)[C@H]4C[C@@H]5O[C@@H]5[C@H](OC(C)=O)[C@]4(C)[C@H]3[C@H](OC(C)=O)[C@H](O)[C@]2(C)[C@@H]2[C@@H]1[C@]1(C)C(=C[C@H]2C)OC(=O)[C@@]1(C)O. The number of carbonyl (C=O) groups excluding carboxylic acids is 6. The summed E-state index contributed by atoms with van der Waals surface area (Å²) in [5.74, 6) is -10.6. The minimum Gasteiger partial charge on any atom is -0.462 e. The molecule has 0 aromatic heterocycles. The summed E-state index contributed by atoms with van der Waals surface area (Å²) >= 11 is 0. The Labute approximate surface area is 271 Å². The zero-order valence-electron chi connectivity index (χ0n) is 27.7. The van der Waals surface area contributed by atoms with E-state index in [9.17, 15) is 39.0 Å². The maximum absolute atomic E-state index is 14.6. The monoisotopic (exact) mass is 658 g/mol. The third kappa shape index (κ3) is 3.76. The Kier molecular flexibility index (Phi) is 6.70. The van der Waals surface area contributed by atoms with Crippen LogP contribution in [0, 0.1) is 57.7 Å². The number of allylic oxidation sites excluding steroid dienone is 1. The number of ether oxygens (including phenoxy) is 5. The van der Waals surface area contributed by atoms with Crippen LogP contribution >= 0.6 is 0 Å². The van der Waals surface area contributed by atoms with Crippen LogP contribution in [0.5, 0.6) is 0 Å². The van der Waals surface area contributed by atoms with Gasteiger partial charge < -0.3 is 33.9 Å². The third-order valence-electron chi connectivity index (χ3n) is 13.6. The molecule has 0 unspecified atom stereocenters. The molecule has 5 aliphatic carbocycles. The molecule has 0 spiro atoms. The van der Waals surface area contributed by atoms with Crippen molar-refractivity contribution in [3.63, 3.8) is 0 Å². The highest BCUT2D eigenvalue weighted by Gasteiger charge is 2.83. The van der Waals surface area contributed by atoms with E-state index in [4.69, 9.17) is 23.7 Å². The number of carbonyl (C=O) groups is 6. The first kappa shape index (κ1) is 32.4. The Morgan fingerprint density at radius 3 is 2.00 bits per heavy atom. The fourth-order valence-electron chi connectivity index (χ4n) is 11.6. The van der Waals surface area contributed by atoms with Crippen molar-refractivity contribution in [1.82, 2.24) is 0 Å². The van der Waals surface area contributed by atoms with Crippen molar-refractivity contribution in [1.29, 1.82) is 0 Å². The predicted octanol–water partition coefficient (Wildman–Crippen LogP) is 1.05. The second kappa shape index (κ2) is 9.72. The number of rotatable bonds is 3. The summed E-state index contributed by atoms with van der Waals surface area (Å²) in [5.41, 5.74) is -6.27. The molecular formula is C34H42O13. The normalized spacial score (nSPS) is 53.5. The van der Waals surface area contributed by atoms with Gasteiger partial charge in [-0.05, 0) is 38.2 Å². The molecular weight excluding hydrogens is 616 g/mol. The summed E-state index contributed by atoms with van der Waals surface area (Å²) in [6, 6.07) is 0. The highest BCUT2D eigenvalue weighted by Crippen LogP contribution is 2.75. The number of Topliss-reactive ketones (excluding diaryl/α,β-unsaturated/α-hetero) is 2. The first-order chi connectivity index (χ1) is 21.7. The summed E-state index contributed by atoms with van der Waals surface area (Å²) in [4.78, 5) is 80.2. The summed E-state index contributed by atoms with van der Waals surface area (Å²) < 4.78 is 29.4. The quantitative estimate of drug-likeness (QED) is 0.189. The van der Waals surface area contributed by atoms with E-state index in [0.29, 0.717) is 0 Å². The van der Waals surface area contributed by atoms with Crippen molar-refractivity contribution in [3.05, 3.63) is 11.8 Å². The van der Waals surface area contributed by atoms with Gasteiger partial charge in [0.2, 0.25) is 11.6 Å². The molecule has 0 aromatic rings. The van der Waals surface area contributed by atoms with E-state index in [0.717, 1.165) is 0 Å². The summed E-state index contributed by atoms with van der Waals surface area (Å²) in [7, 11) is 0. The minimum atomic E-state index is -2.09. The van der Waals surface area contributed by atoms with Crippen LogP contribution in [0.3, 0.4) is 0 Å². The topological polar surface area (TPSA) is 192 Å². The molecule has 0 aromatic carbocycles. The Hall–Kier alpha value is -3.16. The van der Waals surface area contributed by atoms with Gasteiger partial charge in [-0.25, -0.2) is 4.79 Å². The Morgan fingerprint density at radius 2 is 1.40 bits per heavy atom. The van der Waals surface area contributed by atoms with Gasteiger partial charge in [-0.3, -0.25) is 24.0 Å². The predicted molar refractivity (Wildman–Crippen MR) is 155 cm³/mol. The van der Waals surface area contributed by atoms with Crippen LogP contribution in [0.1, 0.15) is 61.8 Å². The molecule has 2 saturated heterocycles. The molecule has 2 heterocycles. The lowest BCUT2D eigenvalue weighted by molar-refractivity contribution is -0.249. The number of aliphatic hydroxyl groups excluding tert-OH is 1. The molecule has 7 aliphatic rings. The first-order valence-electron chi connectivity index (χ1n) is 16.4. The van der Waals surface area contributed by atoms with Crippen molar-refractivity contribution < 1.29 is 62.7 Å². The molecule has 17 atom stereocenters. The molecule has 0 amide bonds. The van der Waals surface area contributed by atoms with Gasteiger partial charge in [0, 0.05) is 61.2 Å². The van der Waals surface area contributed by atoms with E-state index >= 15 is 0 Å². The number of hydrogen-bond acceptors (Lipinski definition) is 13. The standard InChI is InChI=1S/C34H42O13/c1-11-9-17-33(7,34(8,42)30(41)47-17)22-19(11)32(6)20(26(22)43-12(2)35)18-21(27(28(32)40)44-13(3)36)31(5)15(23(38)24(18)39)10-16-25(46-16)29(31)45-14(4)37/h9,11,15-16,18-22,25-29,40,42H,10H2,1-8H3/t11-,15-,16+,18+,19+,20-,21-,22+,25+,26-,27+,28+,29+,31+,32-,33+,34-/m1/s1. The van der Waals surface area contributed by atoms with Gasteiger partial charge in [0.15, 0.2) is 5.60 Å². The molecule has 13 nitrogen and oxygen atoms in total. The van der Waals surface area contributed by atoms with Crippen LogP contribution in [-0.4, -0.2) is 87.9 Å². The van der Waals surface area contributed by atoms with E-state index in [-0.39, 0.29) is 12.2 Å². The second-order valence-corrected chi connectivity index (χ2v) is 15.7. The lowest BCUT2D eigenvalue weighted by Gasteiger charge is -2.63. The van der Waals surface area contributed by atoms with Crippen molar-refractivity contribution in [2.45, 2.75) is 104 Å². The van der Waals surface area contributed by atoms with Crippen LogP contribution in [0.4, 0.5) is 0 Å². The zero-order valence-corrected chi connectivity index (χ0v) is 27.7. The molecule has 0 radical (unpaired) electrons. The largest absolute Gasteiger partial charge is 0.462 e. The summed E-state index contributed by atoms with van der Waals surface area (Å²) in [6.45, 7) is 11.9. The number of ketones is 2. The first-order valence-corrected chi connectivity index (χ1v) is 16.4. The Balaban J connectivity index is 1.49. The summed E-state index contributed by atoms with van der Waals surface area (Å²) in [5, 5.41) is 24.4. The van der Waals surface area contributed by atoms with E-state index in [2.05, 4.69) is 0 Å². The third-order valence-corrected chi connectivity index (χ3v) is 13.6. The van der Waals surface area contributed by atoms with E-state index in [1.54, 1.807) is 26.8 Å². The van der Waals surface area contributed by atoms with Crippen molar-refractivity contribution >= 4 is 35.4 Å². The average Bonchev–Trinajstić information content (AvgIpc) is 3.65. The van der Waals surface area contributed by atoms with Gasteiger partial charge in [-0.2, -0.15) is 0 Å². The molecule has 2 N–H and O–H groups in total. The van der Waals surface area contributed by atoms with Crippen molar-refractivity contribution in [2.75, 3.05) is 0 Å². The molecule has 7 rings (SSSR count). The van der Waals surface area contributed by atoms with Crippen LogP contribution in [0.2, 0.25) is 0 Å². The van der Waals surface area contributed by atoms with Crippen LogP contribution in [-0.2, 0) is 52.5 Å². The fraction of sp³-hybridized carbons (Fsp3) is 0.765. The zero-order chi connectivity index (χ0) is 34.5. The Bertz CT molecular complexity index is 1550. The molecule has 13 heteroatoms. The van der Waals surface area contributed by atoms with Crippen LogP contribution in [0.15, 0.2) is 11.8 Å². The summed E-state index contributed by atoms with van der Waals surface area (Å²) in [6.07, 6.45) is -4.12. The number of epoxide rings is 1. The lowest BCUT2D eigenvalue weighted by Crippen LogP contribution is -2.73. The van der Waals surface area contributed by atoms with Gasteiger partial charge in [0.25, 0.3) is 0 Å². The lowest BCUT2D eigenvalue weighted by atomic mass is 9.41. The molecule has 2 aliphatic heterocycles. The molecule has 47 heavy (non-hydrogen) atoms. The van der Waals surface area contributed by atoms with Gasteiger partial charge in [0.05, 0.1) is 17.6 Å². The average molecular weight is 659 g/mol. The molecule has 256 valence electrons. The molecule has 6 fully saturated rings. The van der Waals surface area contributed by atoms with Gasteiger partial charge in [-0.1, -0.05) is 20.8 Å². The number of fused-ring (bicyclic) bond motifs is 10. The highest BCUT2D eigenvalue weighted by molar-refractivity contribution is 6.40. The van der Waals surface area contributed by atoms with Gasteiger partial charge in [-0.15, -0.1) is 0 Å². The van der Waals surface area contributed by atoms with Crippen LogP contribution in [0.25, 0.3) is 0 Å². The second-order valence-electron chi connectivity index (χ2n) is 15.7. The fourth-order valence-corrected chi connectivity index (χ4v) is 11.6. The molecule has 0 bridgehead atoms. The minimum absolute atomic E-state index is 0.181. The van der Waals surface area contributed by atoms with E-state index < -0.39 is 135 Å². The Morgan fingerprint density at radius 1 is 0.830 bits per heavy atom. The molecule has 4 saturated carbocycles.